The molecule has 29 heavy (non-hydrogen) atoms. The van der Waals surface area contributed by atoms with Crippen molar-refractivity contribution >= 4 is 38.1 Å². The minimum absolute atomic E-state index is 0.0970. The van der Waals surface area contributed by atoms with Crippen molar-refractivity contribution in [2.45, 2.75) is 4.90 Å². The van der Waals surface area contributed by atoms with E-state index >= 15 is 0 Å². The van der Waals surface area contributed by atoms with Crippen molar-refractivity contribution in [2.75, 3.05) is 31.1 Å². The van der Waals surface area contributed by atoms with Crippen LogP contribution < -0.4 is 4.90 Å². The van der Waals surface area contributed by atoms with E-state index in [1.807, 2.05) is 4.90 Å². The monoisotopic (exact) mass is 455 g/mol. The summed E-state index contributed by atoms with van der Waals surface area (Å²) in [6, 6.07) is 9.65. The second-order valence-corrected chi connectivity index (χ2v) is 9.65. The lowest BCUT2D eigenvalue weighted by atomic mass is 10.1. The highest BCUT2D eigenvalue weighted by Crippen LogP contribution is 2.30. The summed E-state index contributed by atoms with van der Waals surface area (Å²) in [7, 11) is -3.67. The highest BCUT2D eigenvalue weighted by atomic mass is 35.5. The summed E-state index contributed by atoms with van der Waals surface area (Å²) in [4.78, 5) is 6.53. The molecule has 1 fully saturated rings. The van der Waals surface area contributed by atoms with Gasteiger partial charge in [0.15, 0.2) is 5.13 Å². The molecular weight excluding hydrogens is 440 g/mol. The van der Waals surface area contributed by atoms with Gasteiger partial charge in [0.2, 0.25) is 10.0 Å². The third kappa shape index (κ3) is 4.13. The molecule has 0 spiro atoms. The van der Waals surface area contributed by atoms with Crippen molar-refractivity contribution in [3.63, 3.8) is 0 Å². The second kappa shape index (κ2) is 7.98. The molecule has 1 aromatic heterocycles. The van der Waals surface area contributed by atoms with Gasteiger partial charge in [-0.2, -0.15) is 4.31 Å². The van der Waals surface area contributed by atoms with Crippen LogP contribution in [0.5, 0.6) is 0 Å². The lowest BCUT2D eigenvalue weighted by Crippen LogP contribution is -2.48. The van der Waals surface area contributed by atoms with Gasteiger partial charge in [0.1, 0.15) is 16.5 Å². The summed E-state index contributed by atoms with van der Waals surface area (Å²) in [5, 5.41) is 2.61. The smallest absolute Gasteiger partial charge is 0.244 e. The first kappa shape index (κ1) is 20.2. The zero-order chi connectivity index (χ0) is 20.6. The number of aromatic nitrogens is 1. The molecule has 0 atom stereocenters. The van der Waals surface area contributed by atoms with E-state index in [0.29, 0.717) is 29.5 Å². The number of anilines is 1. The molecule has 0 amide bonds. The third-order valence-electron chi connectivity index (χ3n) is 4.61. The first-order valence-corrected chi connectivity index (χ1v) is 11.5. The number of rotatable bonds is 4. The molecule has 10 heteroatoms. The second-order valence-electron chi connectivity index (χ2n) is 6.49. The van der Waals surface area contributed by atoms with Crippen LogP contribution in [0, 0.1) is 11.6 Å². The molecule has 2 aromatic carbocycles. The molecule has 0 aliphatic carbocycles. The Morgan fingerprint density at radius 1 is 1.00 bits per heavy atom. The summed E-state index contributed by atoms with van der Waals surface area (Å²) in [5.74, 6) is -1.32. The first-order valence-electron chi connectivity index (χ1n) is 8.76. The Hall–Kier alpha value is -2.07. The van der Waals surface area contributed by atoms with Crippen LogP contribution in [0.1, 0.15) is 0 Å². The van der Waals surface area contributed by atoms with E-state index in [4.69, 9.17) is 11.6 Å². The number of sulfonamides is 1. The van der Waals surface area contributed by atoms with Crippen LogP contribution in [0.25, 0.3) is 11.3 Å². The molecule has 0 bridgehead atoms. The highest BCUT2D eigenvalue weighted by molar-refractivity contribution is 7.89. The van der Waals surface area contributed by atoms with Gasteiger partial charge in [-0.1, -0.05) is 23.7 Å². The van der Waals surface area contributed by atoms with Crippen molar-refractivity contribution in [1.82, 2.24) is 9.29 Å². The molecule has 152 valence electrons. The molecule has 4 rings (SSSR count). The predicted octanol–water partition coefficient (Wildman–Crippen LogP) is 4.25. The Balaban J connectivity index is 1.48. The number of benzene rings is 2. The number of halogens is 3. The summed E-state index contributed by atoms with van der Waals surface area (Å²) in [6.45, 7) is 1.48. The molecule has 1 saturated heterocycles. The van der Waals surface area contributed by atoms with Crippen LogP contribution in [0.4, 0.5) is 13.9 Å². The number of hydrogen-bond donors (Lipinski definition) is 0. The van der Waals surface area contributed by atoms with Gasteiger partial charge in [-0.05, 0) is 24.3 Å². The largest absolute Gasteiger partial charge is 0.345 e. The van der Waals surface area contributed by atoms with Crippen LogP contribution in [0.2, 0.25) is 5.02 Å². The van der Waals surface area contributed by atoms with Crippen molar-refractivity contribution in [3.8, 4) is 11.3 Å². The van der Waals surface area contributed by atoms with Gasteiger partial charge < -0.3 is 4.90 Å². The van der Waals surface area contributed by atoms with E-state index in [-0.39, 0.29) is 23.0 Å². The van der Waals surface area contributed by atoms with Gasteiger partial charge in [0.25, 0.3) is 0 Å². The van der Waals surface area contributed by atoms with Crippen LogP contribution in [-0.2, 0) is 10.0 Å². The van der Waals surface area contributed by atoms with E-state index in [0.717, 1.165) is 6.07 Å². The van der Waals surface area contributed by atoms with Crippen LogP contribution in [-0.4, -0.2) is 43.9 Å². The Bertz CT molecular complexity index is 1130. The van der Waals surface area contributed by atoms with Crippen molar-refractivity contribution in [3.05, 3.63) is 64.5 Å². The minimum Gasteiger partial charge on any atom is -0.345 e. The van der Waals surface area contributed by atoms with Gasteiger partial charge in [-0.25, -0.2) is 22.2 Å². The molecule has 2 heterocycles. The van der Waals surface area contributed by atoms with Crippen LogP contribution >= 0.6 is 22.9 Å². The van der Waals surface area contributed by atoms with E-state index in [9.17, 15) is 17.2 Å². The van der Waals surface area contributed by atoms with Crippen molar-refractivity contribution in [1.29, 1.82) is 0 Å². The quantitative estimate of drug-likeness (QED) is 0.590. The van der Waals surface area contributed by atoms with E-state index in [2.05, 4.69) is 4.98 Å². The van der Waals surface area contributed by atoms with E-state index < -0.39 is 21.7 Å². The van der Waals surface area contributed by atoms with Crippen molar-refractivity contribution in [2.24, 2.45) is 0 Å². The third-order valence-corrected chi connectivity index (χ3v) is 7.91. The molecule has 0 unspecified atom stereocenters. The maximum atomic E-state index is 13.5. The molecule has 0 radical (unpaired) electrons. The van der Waals surface area contributed by atoms with E-state index in [1.54, 1.807) is 23.6 Å². The Labute approximate surface area is 176 Å². The molecule has 3 aromatic rings. The maximum Gasteiger partial charge on any atom is 0.244 e. The predicted molar refractivity (Wildman–Crippen MR) is 110 cm³/mol. The molecule has 0 N–H and O–H groups in total. The zero-order valence-corrected chi connectivity index (χ0v) is 17.4. The number of hydrogen-bond acceptors (Lipinski definition) is 5. The standard InChI is InChI=1S/C19H16ClF2N3O2S2/c20-16-3-1-2-4-18(16)29(26,27)25-7-5-24(6-8-25)19-23-17(12-28-19)13-9-14(21)11-15(22)10-13/h1-4,9-12H,5-8H2. The Morgan fingerprint density at radius 2 is 1.66 bits per heavy atom. The van der Waals surface area contributed by atoms with Crippen LogP contribution in [0.15, 0.2) is 52.7 Å². The summed E-state index contributed by atoms with van der Waals surface area (Å²) in [6.07, 6.45) is 0. The molecule has 1 aliphatic heterocycles. The zero-order valence-electron chi connectivity index (χ0n) is 15.1. The SMILES string of the molecule is O=S(=O)(c1ccccc1Cl)N1CCN(c2nc(-c3cc(F)cc(F)c3)cs2)CC1. The van der Waals surface area contributed by atoms with Gasteiger partial charge in [0, 0.05) is 43.2 Å². The summed E-state index contributed by atoms with van der Waals surface area (Å²) in [5.41, 5.74) is 0.847. The lowest BCUT2D eigenvalue weighted by molar-refractivity contribution is 0.385. The summed E-state index contributed by atoms with van der Waals surface area (Å²) < 4.78 is 54.0. The normalized spacial score (nSPS) is 15.6. The average molecular weight is 456 g/mol. The molecule has 0 saturated carbocycles. The lowest BCUT2D eigenvalue weighted by Gasteiger charge is -2.33. The molecule has 5 nitrogen and oxygen atoms in total. The van der Waals surface area contributed by atoms with Gasteiger partial charge in [-0.15, -0.1) is 11.3 Å². The van der Waals surface area contributed by atoms with Crippen molar-refractivity contribution < 1.29 is 17.2 Å². The fourth-order valence-corrected chi connectivity index (χ4v) is 5.96. The van der Waals surface area contributed by atoms with Gasteiger partial charge in [0.05, 0.1) is 10.7 Å². The topological polar surface area (TPSA) is 53.5 Å². The molecule has 1 aliphatic rings. The maximum absolute atomic E-state index is 13.5. The van der Waals surface area contributed by atoms with Gasteiger partial charge in [-0.3, -0.25) is 0 Å². The fraction of sp³-hybridized carbons (Fsp3) is 0.211. The van der Waals surface area contributed by atoms with E-state index in [1.165, 1.54) is 33.8 Å². The minimum atomic E-state index is -3.67. The molecular formula is C19H16ClF2N3O2S2. The fourth-order valence-electron chi connectivity index (χ4n) is 3.16. The number of thiazole rings is 1. The van der Waals surface area contributed by atoms with Crippen LogP contribution in [0.3, 0.4) is 0 Å². The highest BCUT2D eigenvalue weighted by Gasteiger charge is 2.30. The average Bonchev–Trinajstić information content (AvgIpc) is 3.18. The first-order chi connectivity index (χ1) is 13.8. The number of nitrogens with zero attached hydrogens (tertiary/aromatic N) is 3. The summed E-state index contributed by atoms with van der Waals surface area (Å²) >= 11 is 7.41. The Morgan fingerprint density at radius 3 is 2.31 bits per heavy atom. The number of piperazine rings is 1. The van der Waals surface area contributed by atoms with Gasteiger partial charge >= 0.3 is 0 Å². The Kier molecular flexibility index (Phi) is 5.56.